The number of benzene rings is 2. The third-order valence-corrected chi connectivity index (χ3v) is 5.10. The van der Waals surface area contributed by atoms with Gasteiger partial charge in [-0.2, -0.15) is 0 Å². The molecule has 5 heteroatoms. The first-order chi connectivity index (χ1) is 14.5. The van der Waals surface area contributed by atoms with E-state index < -0.39 is 5.97 Å². The summed E-state index contributed by atoms with van der Waals surface area (Å²) < 4.78 is 12.5. The smallest absolute Gasteiger partial charge is 0.343 e. The van der Waals surface area contributed by atoms with Crippen LogP contribution in [0, 0.1) is 6.92 Å². The fraction of sp³-hybridized carbons (Fsp3) is 0.280. The molecule has 2 aromatic carbocycles. The minimum absolute atomic E-state index is 0.117. The Labute approximate surface area is 176 Å². The van der Waals surface area contributed by atoms with Crippen LogP contribution < -0.4 is 10.2 Å². The molecule has 5 nitrogen and oxygen atoms in total. The summed E-state index contributed by atoms with van der Waals surface area (Å²) in [6.45, 7) is 4.52. The van der Waals surface area contributed by atoms with Crippen LogP contribution in [0.25, 0.3) is 0 Å². The predicted octanol–water partition coefficient (Wildman–Crippen LogP) is 4.18. The SMILES string of the molecule is CCOC(=O)c1c(Cc2ccc(OC)cc2)n(CCc2ccccc2)c(C)cc1=O. The Morgan fingerprint density at radius 1 is 1.00 bits per heavy atom. The normalized spacial score (nSPS) is 10.6. The summed E-state index contributed by atoms with van der Waals surface area (Å²) in [5, 5.41) is 0. The molecule has 0 fully saturated rings. The Hall–Kier alpha value is -3.34. The monoisotopic (exact) mass is 405 g/mol. The molecule has 0 bridgehead atoms. The molecular weight excluding hydrogens is 378 g/mol. The number of carbonyl (C=O) groups is 1. The van der Waals surface area contributed by atoms with Crippen molar-refractivity contribution in [1.82, 2.24) is 4.57 Å². The lowest BCUT2D eigenvalue weighted by atomic mass is 10.0. The number of rotatable bonds is 8. The molecule has 0 unspecified atom stereocenters. The molecule has 0 atom stereocenters. The van der Waals surface area contributed by atoms with E-state index in [0.29, 0.717) is 18.7 Å². The highest BCUT2D eigenvalue weighted by atomic mass is 16.5. The number of aryl methyl sites for hydroxylation is 2. The first-order valence-corrected chi connectivity index (χ1v) is 10.1. The fourth-order valence-electron chi connectivity index (χ4n) is 3.57. The van der Waals surface area contributed by atoms with Crippen molar-refractivity contribution in [2.24, 2.45) is 0 Å². The van der Waals surface area contributed by atoms with Crippen molar-refractivity contribution in [2.45, 2.75) is 33.2 Å². The quantitative estimate of drug-likeness (QED) is 0.528. The number of methoxy groups -OCH3 is 1. The first kappa shape index (κ1) is 21.4. The van der Waals surface area contributed by atoms with Gasteiger partial charge >= 0.3 is 5.97 Å². The molecule has 0 aliphatic carbocycles. The van der Waals surface area contributed by atoms with Crippen molar-refractivity contribution in [2.75, 3.05) is 13.7 Å². The van der Waals surface area contributed by atoms with Crippen LogP contribution in [0.2, 0.25) is 0 Å². The van der Waals surface area contributed by atoms with E-state index in [1.165, 1.54) is 11.6 Å². The van der Waals surface area contributed by atoms with Gasteiger partial charge in [0.05, 0.1) is 13.7 Å². The molecule has 0 amide bonds. The fourth-order valence-corrected chi connectivity index (χ4v) is 3.57. The maximum absolute atomic E-state index is 12.8. The molecule has 0 spiro atoms. The molecule has 3 rings (SSSR count). The van der Waals surface area contributed by atoms with Gasteiger partial charge in [-0.15, -0.1) is 0 Å². The first-order valence-electron chi connectivity index (χ1n) is 10.1. The molecule has 156 valence electrons. The zero-order chi connectivity index (χ0) is 21.5. The van der Waals surface area contributed by atoms with E-state index in [1.54, 1.807) is 14.0 Å². The van der Waals surface area contributed by atoms with Crippen LogP contribution >= 0.6 is 0 Å². The van der Waals surface area contributed by atoms with Crippen LogP contribution in [0.15, 0.2) is 65.5 Å². The van der Waals surface area contributed by atoms with Gasteiger partial charge in [-0.3, -0.25) is 4.79 Å². The largest absolute Gasteiger partial charge is 0.497 e. The van der Waals surface area contributed by atoms with Gasteiger partial charge in [-0.1, -0.05) is 42.5 Å². The van der Waals surface area contributed by atoms with Gasteiger partial charge in [0.15, 0.2) is 5.43 Å². The van der Waals surface area contributed by atoms with Crippen LogP contribution in [0.4, 0.5) is 0 Å². The van der Waals surface area contributed by atoms with Crippen LogP contribution in [-0.4, -0.2) is 24.3 Å². The molecular formula is C25H27NO4. The molecule has 0 N–H and O–H groups in total. The molecule has 30 heavy (non-hydrogen) atoms. The molecule has 1 heterocycles. The van der Waals surface area contributed by atoms with Crippen molar-refractivity contribution in [3.63, 3.8) is 0 Å². The zero-order valence-corrected chi connectivity index (χ0v) is 17.7. The number of hydrogen-bond acceptors (Lipinski definition) is 4. The van der Waals surface area contributed by atoms with Crippen molar-refractivity contribution < 1.29 is 14.3 Å². The number of esters is 1. The van der Waals surface area contributed by atoms with Crippen molar-refractivity contribution >= 4 is 5.97 Å². The molecule has 1 aromatic heterocycles. The number of nitrogens with zero attached hydrogens (tertiary/aromatic N) is 1. The van der Waals surface area contributed by atoms with Crippen LogP contribution in [0.3, 0.4) is 0 Å². The third-order valence-electron chi connectivity index (χ3n) is 5.10. The minimum atomic E-state index is -0.570. The summed E-state index contributed by atoms with van der Waals surface area (Å²) in [4.78, 5) is 25.4. The molecule has 3 aromatic rings. The summed E-state index contributed by atoms with van der Waals surface area (Å²) in [6.07, 6.45) is 1.24. The summed E-state index contributed by atoms with van der Waals surface area (Å²) in [6, 6.07) is 19.3. The summed E-state index contributed by atoms with van der Waals surface area (Å²) in [5.74, 6) is 0.189. The van der Waals surface area contributed by atoms with Gasteiger partial charge in [0, 0.05) is 30.4 Å². The summed E-state index contributed by atoms with van der Waals surface area (Å²) >= 11 is 0. The Bertz CT molecular complexity index is 1050. The summed E-state index contributed by atoms with van der Waals surface area (Å²) in [7, 11) is 1.62. The average molecular weight is 405 g/mol. The highest BCUT2D eigenvalue weighted by Crippen LogP contribution is 2.19. The van der Waals surface area contributed by atoms with Crippen LogP contribution in [0.1, 0.15) is 39.8 Å². The van der Waals surface area contributed by atoms with E-state index in [4.69, 9.17) is 9.47 Å². The third kappa shape index (κ3) is 4.98. The maximum Gasteiger partial charge on any atom is 0.343 e. The van der Waals surface area contributed by atoms with E-state index in [-0.39, 0.29) is 17.6 Å². The molecule has 0 saturated carbocycles. The lowest BCUT2D eigenvalue weighted by Crippen LogP contribution is -2.27. The zero-order valence-electron chi connectivity index (χ0n) is 17.7. The number of hydrogen-bond donors (Lipinski definition) is 0. The second kappa shape index (κ2) is 9.92. The van der Waals surface area contributed by atoms with E-state index in [2.05, 4.69) is 16.7 Å². The Morgan fingerprint density at radius 3 is 2.33 bits per heavy atom. The molecule has 0 radical (unpaired) electrons. The highest BCUT2D eigenvalue weighted by Gasteiger charge is 2.21. The van der Waals surface area contributed by atoms with Crippen molar-refractivity contribution in [3.8, 4) is 5.75 Å². The van der Waals surface area contributed by atoms with Gasteiger partial charge < -0.3 is 14.0 Å². The minimum Gasteiger partial charge on any atom is -0.497 e. The Balaban J connectivity index is 2.05. The molecule has 0 aliphatic rings. The van der Waals surface area contributed by atoms with Crippen LogP contribution in [-0.2, 0) is 24.1 Å². The van der Waals surface area contributed by atoms with Gasteiger partial charge in [0.1, 0.15) is 11.3 Å². The van der Waals surface area contributed by atoms with Crippen molar-refractivity contribution in [3.05, 3.63) is 99.0 Å². The summed E-state index contributed by atoms with van der Waals surface area (Å²) in [5.41, 5.74) is 3.51. The second-order valence-corrected chi connectivity index (χ2v) is 7.10. The van der Waals surface area contributed by atoms with E-state index >= 15 is 0 Å². The molecule has 0 aliphatic heterocycles. The maximum atomic E-state index is 12.8. The Kier molecular flexibility index (Phi) is 7.07. The average Bonchev–Trinajstić information content (AvgIpc) is 2.74. The topological polar surface area (TPSA) is 57.5 Å². The van der Waals surface area contributed by atoms with Gasteiger partial charge in [0.2, 0.25) is 0 Å². The van der Waals surface area contributed by atoms with E-state index in [1.807, 2.05) is 49.4 Å². The highest BCUT2D eigenvalue weighted by molar-refractivity contribution is 5.90. The van der Waals surface area contributed by atoms with E-state index in [0.717, 1.165) is 23.4 Å². The van der Waals surface area contributed by atoms with Crippen molar-refractivity contribution in [1.29, 1.82) is 0 Å². The predicted molar refractivity (Wildman–Crippen MR) is 117 cm³/mol. The molecule has 0 saturated heterocycles. The van der Waals surface area contributed by atoms with Crippen LogP contribution in [0.5, 0.6) is 5.75 Å². The van der Waals surface area contributed by atoms with Gasteiger partial charge in [-0.05, 0) is 43.5 Å². The lowest BCUT2D eigenvalue weighted by molar-refractivity contribution is 0.0522. The van der Waals surface area contributed by atoms with Gasteiger partial charge in [-0.25, -0.2) is 4.79 Å². The number of pyridine rings is 1. The van der Waals surface area contributed by atoms with E-state index in [9.17, 15) is 9.59 Å². The second-order valence-electron chi connectivity index (χ2n) is 7.10. The lowest BCUT2D eigenvalue weighted by Gasteiger charge is -2.20. The number of ether oxygens (including phenoxy) is 2. The Morgan fingerprint density at radius 2 is 1.70 bits per heavy atom. The number of aromatic nitrogens is 1. The number of carbonyl (C=O) groups excluding carboxylic acids is 1. The standard InChI is InChI=1S/C25H27NO4/c1-4-30-25(28)24-22(17-20-10-12-21(29-3)13-11-20)26(18(2)16-23(24)27)15-14-19-8-6-5-7-9-19/h5-13,16H,4,14-15,17H2,1-3H3. The van der Waals surface area contributed by atoms with Gasteiger partial charge in [0.25, 0.3) is 0 Å².